The molecule has 0 bridgehead atoms. The van der Waals surface area contributed by atoms with Crippen molar-refractivity contribution in [3.63, 3.8) is 0 Å². The van der Waals surface area contributed by atoms with Gasteiger partial charge in [-0.25, -0.2) is 4.39 Å². The Morgan fingerprint density at radius 2 is 1.79 bits per heavy atom. The molecule has 1 N–H and O–H groups in total. The van der Waals surface area contributed by atoms with Gasteiger partial charge in [-0.1, -0.05) is 23.7 Å². The van der Waals surface area contributed by atoms with E-state index in [2.05, 4.69) is 4.90 Å². The quantitative estimate of drug-likeness (QED) is 0.689. The van der Waals surface area contributed by atoms with Crippen molar-refractivity contribution in [2.75, 3.05) is 26.2 Å². The molecule has 1 fully saturated rings. The number of halogens is 2. The molecule has 0 aliphatic carbocycles. The van der Waals surface area contributed by atoms with E-state index in [4.69, 9.17) is 21.1 Å². The van der Waals surface area contributed by atoms with E-state index in [0.29, 0.717) is 43.2 Å². The van der Waals surface area contributed by atoms with Gasteiger partial charge >= 0.3 is 5.97 Å². The van der Waals surface area contributed by atoms with Crippen molar-refractivity contribution in [1.29, 1.82) is 0 Å². The Labute approximate surface area is 175 Å². The highest BCUT2D eigenvalue weighted by Gasteiger charge is 2.34. The maximum atomic E-state index is 13.0. The van der Waals surface area contributed by atoms with Gasteiger partial charge in [-0.05, 0) is 54.8 Å². The lowest BCUT2D eigenvalue weighted by Gasteiger charge is -2.39. The number of esters is 1. The number of likely N-dealkylation sites (tertiary alicyclic amines) is 1. The molecule has 1 unspecified atom stereocenters. The van der Waals surface area contributed by atoms with E-state index in [9.17, 15) is 14.3 Å². The van der Waals surface area contributed by atoms with Crippen LogP contribution in [0.5, 0.6) is 5.75 Å². The van der Waals surface area contributed by atoms with Gasteiger partial charge in [0.25, 0.3) is 0 Å². The highest BCUT2D eigenvalue weighted by molar-refractivity contribution is 6.30. The van der Waals surface area contributed by atoms with Crippen molar-refractivity contribution < 1.29 is 23.8 Å². The first-order valence-electron chi connectivity index (χ1n) is 9.60. The van der Waals surface area contributed by atoms with Crippen molar-refractivity contribution in [3.05, 3.63) is 64.9 Å². The van der Waals surface area contributed by atoms with Crippen LogP contribution in [0.1, 0.15) is 25.3 Å². The maximum absolute atomic E-state index is 13.0. The molecular weight excluding hydrogens is 397 g/mol. The lowest BCUT2D eigenvalue weighted by Crippen LogP contribution is -2.46. The number of nitrogens with zero attached hydrogens (tertiary/aromatic N) is 1. The van der Waals surface area contributed by atoms with Crippen LogP contribution in [0.3, 0.4) is 0 Å². The van der Waals surface area contributed by atoms with E-state index < -0.39 is 11.7 Å². The summed E-state index contributed by atoms with van der Waals surface area (Å²) >= 11 is 5.94. The Bertz CT molecular complexity index is 805. The number of carbonyl (C=O) groups excluding carboxylic acids is 1. The average molecular weight is 422 g/mol. The van der Waals surface area contributed by atoms with Crippen LogP contribution in [0.25, 0.3) is 0 Å². The molecular formula is C22H25ClFNO4. The summed E-state index contributed by atoms with van der Waals surface area (Å²) in [6.45, 7) is 3.35. The van der Waals surface area contributed by atoms with Crippen LogP contribution in [-0.4, -0.2) is 48.3 Å². The smallest absolute Gasteiger partial charge is 0.303 e. The van der Waals surface area contributed by atoms with Gasteiger partial charge in [-0.15, -0.1) is 0 Å². The van der Waals surface area contributed by atoms with Crippen LogP contribution in [0.15, 0.2) is 48.5 Å². The number of piperidine rings is 1. The SMILES string of the molecule is CC(=O)OC(COc1ccc(F)cc1)CN1CCC(O)(c2ccc(Cl)cc2)CC1. The normalized spacial score (nSPS) is 17.5. The van der Waals surface area contributed by atoms with Crippen LogP contribution in [-0.2, 0) is 15.1 Å². The summed E-state index contributed by atoms with van der Waals surface area (Å²) in [7, 11) is 0. The van der Waals surface area contributed by atoms with E-state index in [1.165, 1.54) is 31.2 Å². The topological polar surface area (TPSA) is 59.0 Å². The number of hydrogen-bond donors (Lipinski definition) is 1. The molecule has 0 amide bonds. The summed E-state index contributed by atoms with van der Waals surface area (Å²) in [5.41, 5.74) is -0.0273. The zero-order valence-electron chi connectivity index (χ0n) is 16.3. The summed E-state index contributed by atoms with van der Waals surface area (Å²) in [6, 6.07) is 13.0. The van der Waals surface area contributed by atoms with Crippen molar-refractivity contribution in [2.24, 2.45) is 0 Å². The number of ether oxygens (including phenoxy) is 2. The summed E-state index contributed by atoms with van der Waals surface area (Å²) in [4.78, 5) is 13.6. The molecule has 0 radical (unpaired) electrons. The molecule has 0 spiro atoms. The zero-order chi connectivity index (χ0) is 20.9. The molecule has 0 aromatic heterocycles. The molecule has 2 aromatic carbocycles. The van der Waals surface area contributed by atoms with E-state index in [0.717, 1.165) is 5.56 Å². The molecule has 2 aromatic rings. The average Bonchev–Trinajstić information content (AvgIpc) is 2.69. The highest BCUT2D eigenvalue weighted by atomic mass is 35.5. The third kappa shape index (κ3) is 6.16. The Balaban J connectivity index is 1.55. The van der Waals surface area contributed by atoms with Gasteiger partial charge in [0.1, 0.15) is 24.3 Å². The molecule has 1 heterocycles. The standard InChI is InChI=1S/C22H25ClFNO4/c1-16(26)29-21(15-28-20-8-6-19(24)7-9-20)14-25-12-10-22(27,11-13-25)17-2-4-18(23)5-3-17/h2-9,21,27H,10-15H2,1H3. The molecule has 3 rings (SSSR count). The number of benzene rings is 2. The maximum Gasteiger partial charge on any atom is 0.303 e. The Morgan fingerprint density at radius 1 is 1.17 bits per heavy atom. The predicted molar refractivity (Wildman–Crippen MR) is 108 cm³/mol. The fraction of sp³-hybridized carbons (Fsp3) is 0.409. The lowest BCUT2D eigenvalue weighted by molar-refractivity contribution is -0.149. The van der Waals surface area contributed by atoms with E-state index in [1.54, 1.807) is 12.1 Å². The summed E-state index contributed by atoms with van der Waals surface area (Å²) < 4.78 is 24.1. The minimum atomic E-state index is -0.886. The zero-order valence-corrected chi connectivity index (χ0v) is 17.1. The highest BCUT2D eigenvalue weighted by Crippen LogP contribution is 2.33. The molecule has 1 aliphatic heterocycles. The number of rotatable bonds is 7. The van der Waals surface area contributed by atoms with Crippen molar-refractivity contribution >= 4 is 17.6 Å². The Hall–Kier alpha value is -2.15. The molecule has 1 atom stereocenters. The van der Waals surface area contributed by atoms with Gasteiger partial charge in [-0.2, -0.15) is 0 Å². The number of hydrogen-bond acceptors (Lipinski definition) is 5. The monoisotopic (exact) mass is 421 g/mol. The second-order valence-electron chi connectivity index (χ2n) is 7.34. The Kier molecular flexibility index (Phi) is 7.11. The third-order valence-electron chi connectivity index (χ3n) is 5.11. The first kappa shape index (κ1) is 21.6. The lowest BCUT2D eigenvalue weighted by atomic mass is 9.84. The molecule has 156 valence electrons. The first-order valence-corrected chi connectivity index (χ1v) is 9.98. The summed E-state index contributed by atoms with van der Waals surface area (Å²) in [5, 5.41) is 11.6. The van der Waals surface area contributed by atoms with Crippen molar-refractivity contribution in [3.8, 4) is 5.75 Å². The largest absolute Gasteiger partial charge is 0.490 e. The van der Waals surface area contributed by atoms with Gasteiger partial charge in [-0.3, -0.25) is 9.69 Å². The number of aliphatic hydroxyl groups is 1. The molecule has 7 heteroatoms. The first-order chi connectivity index (χ1) is 13.8. The van der Waals surface area contributed by atoms with Crippen LogP contribution >= 0.6 is 11.6 Å². The summed E-state index contributed by atoms with van der Waals surface area (Å²) in [6.07, 6.45) is 0.680. The van der Waals surface area contributed by atoms with Crippen molar-refractivity contribution in [1.82, 2.24) is 4.90 Å². The summed E-state index contributed by atoms with van der Waals surface area (Å²) in [5.74, 6) is -0.206. The molecule has 1 aliphatic rings. The molecule has 1 saturated heterocycles. The van der Waals surface area contributed by atoms with E-state index in [-0.39, 0.29) is 18.4 Å². The minimum absolute atomic E-state index is 0.170. The van der Waals surface area contributed by atoms with Gasteiger partial charge < -0.3 is 14.6 Å². The van der Waals surface area contributed by atoms with Gasteiger partial charge in [0.15, 0.2) is 0 Å². The van der Waals surface area contributed by atoms with Gasteiger partial charge in [0.2, 0.25) is 0 Å². The molecule has 0 saturated carbocycles. The minimum Gasteiger partial charge on any atom is -0.490 e. The second-order valence-corrected chi connectivity index (χ2v) is 7.77. The fourth-order valence-corrected chi connectivity index (χ4v) is 3.65. The van der Waals surface area contributed by atoms with Crippen LogP contribution < -0.4 is 4.74 Å². The van der Waals surface area contributed by atoms with Gasteiger partial charge in [0, 0.05) is 31.6 Å². The van der Waals surface area contributed by atoms with E-state index in [1.807, 2.05) is 12.1 Å². The molecule has 5 nitrogen and oxygen atoms in total. The predicted octanol–water partition coefficient (Wildman–Crippen LogP) is 3.77. The van der Waals surface area contributed by atoms with Crippen molar-refractivity contribution in [2.45, 2.75) is 31.5 Å². The second kappa shape index (κ2) is 9.57. The van der Waals surface area contributed by atoms with E-state index >= 15 is 0 Å². The third-order valence-corrected chi connectivity index (χ3v) is 5.36. The van der Waals surface area contributed by atoms with Crippen LogP contribution in [0.2, 0.25) is 5.02 Å². The fourth-order valence-electron chi connectivity index (χ4n) is 3.52. The molecule has 29 heavy (non-hydrogen) atoms. The Morgan fingerprint density at radius 3 is 2.38 bits per heavy atom. The van der Waals surface area contributed by atoms with Crippen LogP contribution in [0, 0.1) is 5.82 Å². The van der Waals surface area contributed by atoms with Gasteiger partial charge in [0.05, 0.1) is 5.60 Å². The van der Waals surface area contributed by atoms with Crippen LogP contribution in [0.4, 0.5) is 4.39 Å². The number of carbonyl (C=O) groups is 1.